The number of allylic oxidation sites excluding steroid dienone is 1. The number of benzene rings is 3. The van der Waals surface area contributed by atoms with E-state index in [0.29, 0.717) is 18.1 Å². The van der Waals surface area contributed by atoms with Gasteiger partial charge in [-0.05, 0) is 68.7 Å². The first-order chi connectivity index (χ1) is 15.9. The molecule has 0 aromatic heterocycles. The molecule has 1 heterocycles. The van der Waals surface area contributed by atoms with Crippen LogP contribution in [0.2, 0.25) is 13.1 Å². The Morgan fingerprint density at radius 3 is 2.61 bits per heavy atom. The lowest BCUT2D eigenvalue weighted by molar-refractivity contribution is 0.171. The standard InChI is InChI=1S/C26H26BrIO4Si/c1-29-22-13-11-18(8-7-15-33(2,3)19-9-5-4-6-10-19)24(27)26(22)30-16-20-21(28)12-14-23-25(20)32-17-31-23/h4-7,9-15H,8,16-17H2,1-3H3/b15-7+. The van der Waals surface area contributed by atoms with E-state index >= 15 is 0 Å². The Kier molecular flexibility index (Phi) is 7.71. The van der Waals surface area contributed by atoms with Crippen LogP contribution in [0.4, 0.5) is 0 Å². The zero-order valence-corrected chi connectivity index (χ0v) is 23.6. The molecule has 0 saturated carbocycles. The minimum Gasteiger partial charge on any atom is -0.493 e. The molecule has 0 atom stereocenters. The smallest absolute Gasteiger partial charge is 0.231 e. The van der Waals surface area contributed by atoms with Crippen LogP contribution in [-0.2, 0) is 13.0 Å². The summed E-state index contributed by atoms with van der Waals surface area (Å²) in [4.78, 5) is 0. The monoisotopic (exact) mass is 636 g/mol. The summed E-state index contributed by atoms with van der Waals surface area (Å²) >= 11 is 6.06. The van der Waals surface area contributed by atoms with Gasteiger partial charge in [0, 0.05) is 9.13 Å². The largest absolute Gasteiger partial charge is 0.493 e. The maximum absolute atomic E-state index is 6.28. The van der Waals surface area contributed by atoms with Gasteiger partial charge in [0.15, 0.2) is 23.0 Å². The van der Waals surface area contributed by atoms with Crippen LogP contribution in [0.15, 0.2) is 70.8 Å². The SMILES string of the molecule is COc1ccc(C/C=C/[Si](C)(C)c2ccccc2)c(Br)c1OCc1c(I)ccc2c1OCO2. The van der Waals surface area contributed by atoms with E-state index in [2.05, 4.69) is 99.8 Å². The van der Waals surface area contributed by atoms with Gasteiger partial charge in [0.2, 0.25) is 6.79 Å². The first-order valence-electron chi connectivity index (χ1n) is 10.7. The maximum Gasteiger partial charge on any atom is 0.231 e. The van der Waals surface area contributed by atoms with E-state index < -0.39 is 8.07 Å². The zero-order chi connectivity index (χ0) is 23.4. The third kappa shape index (κ3) is 5.41. The van der Waals surface area contributed by atoms with Crippen molar-refractivity contribution in [1.82, 2.24) is 0 Å². The van der Waals surface area contributed by atoms with Gasteiger partial charge in [0.1, 0.15) is 14.7 Å². The van der Waals surface area contributed by atoms with Crippen molar-refractivity contribution in [2.24, 2.45) is 0 Å². The van der Waals surface area contributed by atoms with Gasteiger partial charge in [0.05, 0.1) is 11.6 Å². The van der Waals surface area contributed by atoms with Crippen molar-refractivity contribution in [3.8, 4) is 23.0 Å². The molecule has 0 spiro atoms. The van der Waals surface area contributed by atoms with Crippen molar-refractivity contribution in [1.29, 1.82) is 0 Å². The van der Waals surface area contributed by atoms with Crippen molar-refractivity contribution < 1.29 is 18.9 Å². The van der Waals surface area contributed by atoms with Crippen molar-refractivity contribution in [3.05, 3.63) is 85.5 Å². The fourth-order valence-corrected chi connectivity index (χ4v) is 6.90. The third-order valence-electron chi connectivity index (χ3n) is 5.70. The van der Waals surface area contributed by atoms with Crippen LogP contribution in [0.25, 0.3) is 0 Å². The number of methoxy groups -OCH3 is 1. The summed E-state index contributed by atoms with van der Waals surface area (Å²) < 4.78 is 25.0. The number of hydrogen-bond acceptors (Lipinski definition) is 4. The predicted octanol–water partition coefficient (Wildman–Crippen LogP) is 6.62. The molecule has 1 aliphatic heterocycles. The van der Waals surface area contributed by atoms with E-state index in [9.17, 15) is 0 Å². The molecule has 0 N–H and O–H groups in total. The summed E-state index contributed by atoms with van der Waals surface area (Å²) in [5.41, 5.74) is 4.51. The minimum absolute atomic E-state index is 0.236. The fraction of sp³-hybridized carbons (Fsp3) is 0.231. The molecule has 0 bridgehead atoms. The molecule has 3 aromatic rings. The summed E-state index contributed by atoms with van der Waals surface area (Å²) in [5, 5.41) is 1.43. The lowest BCUT2D eigenvalue weighted by Crippen LogP contribution is -2.39. The topological polar surface area (TPSA) is 36.9 Å². The second-order valence-corrected chi connectivity index (χ2v) is 14.6. The Morgan fingerprint density at radius 1 is 1.06 bits per heavy atom. The van der Waals surface area contributed by atoms with E-state index in [-0.39, 0.29) is 6.79 Å². The lowest BCUT2D eigenvalue weighted by Gasteiger charge is -2.19. The van der Waals surface area contributed by atoms with Crippen molar-refractivity contribution >= 4 is 51.8 Å². The van der Waals surface area contributed by atoms with Crippen LogP contribution < -0.4 is 24.1 Å². The van der Waals surface area contributed by atoms with E-state index in [1.165, 1.54) is 5.19 Å². The van der Waals surface area contributed by atoms with Gasteiger partial charge < -0.3 is 18.9 Å². The second-order valence-electron chi connectivity index (χ2n) is 8.31. The van der Waals surface area contributed by atoms with Crippen molar-refractivity contribution in [2.45, 2.75) is 26.1 Å². The number of ether oxygens (including phenoxy) is 4. The molecule has 0 unspecified atom stereocenters. The fourth-order valence-electron chi connectivity index (χ4n) is 3.76. The van der Waals surface area contributed by atoms with Crippen LogP contribution in [-0.4, -0.2) is 22.0 Å². The highest BCUT2D eigenvalue weighted by Crippen LogP contribution is 2.42. The second kappa shape index (κ2) is 10.5. The summed E-state index contributed by atoms with van der Waals surface area (Å²) in [5.74, 6) is 2.89. The molecule has 0 aliphatic carbocycles. The van der Waals surface area contributed by atoms with Gasteiger partial charge in [-0.2, -0.15) is 0 Å². The van der Waals surface area contributed by atoms with Crippen LogP contribution in [0, 0.1) is 3.57 Å². The molecule has 4 rings (SSSR count). The Bertz CT molecular complexity index is 1160. The van der Waals surface area contributed by atoms with Gasteiger partial charge in [-0.15, -0.1) is 0 Å². The number of rotatable bonds is 8. The Hall–Kier alpha value is -1.97. The summed E-state index contributed by atoms with van der Waals surface area (Å²) in [6.07, 6.45) is 3.08. The normalized spacial score (nSPS) is 12.9. The Balaban J connectivity index is 1.54. The van der Waals surface area contributed by atoms with Gasteiger partial charge in [-0.1, -0.05) is 66.5 Å². The van der Waals surface area contributed by atoms with Crippen molar-refractivity contribution in [2.75, 3.05) is 13.9 Å². The molecule has 0 radical (unpaired) electrons. The predicted molar refractivity (Wildman–Crippen MR) is 147 cm³/mol. The summed E-state index contributed by atoms with van der Waals surface area (Å²) in [6, 6.07) is 18.7. The molecular formula is C26H26BrIO4Si. The highest BCUT2D eigenvalue weighted by molar-refractivity contribution is 14.1. The highest BCUT2D eigenvalue weighted by atomic mass is 127. The molecule has 33 heavy (non-hydrogen) atoms. The van der Waals surface area contributed by atoms with Crippen LogP contribution in [0.3, 0.4) is 0 Å². The van der Waals surface area contributed by atoms with Crippen LogP contribution in [0.1, 0.15) is 11.1 Å². The van der Waals surface area contributed by atoms with Crippen molar-refractivity contribution in [3.63, 3.8) is 0 Å². The lowest BCUT2D eigenvalue weighted by atomic mass is 10.1. The summed E-state index contributed by atoms with van der Waals surface area (Å²) in [7, 11) is 0.0198. The van der Waals surface area contributed by atoms with Crippen LogP contribution in [0.5, 0.6) is 23.0 Å². The van der Waals surface area contributed by atoms with E-state index in [1.54, 1.807) is 7.11 Å². The molecule has 3 aromatic carbocycles. The molecule has 172 valence electrons. The van der Waals surface area contributed by atoms with Crippen LogP contribution >= 0.6 is 38.5 Å². The molecule has 1 aliphatic rings. The molecule has 0 saturated heterocycles. The first kappa shape index (κ1) is 24.2. The molecule has 0 fully saturated rings. The summed E-state index contributed by atoms with van der Waals surface area (Å²) in [6.45, 7) is 5.32. The average Bonchev–Trinajstić information content (AvgIpc) is 3.29. The molecule has 7 heteroatoms. The van der Waals surface area contributed by atoms with E-state index in [0.717, 1.165) is 37.1 Å². The molecular weight excluding hydrogens is 611 g/mol. The van der Waals surface area contributed by atoms with Gasteiger partial charge >= 0.3 is 0 Å². The minimum atomic E-state index is -1.64. The molecule has 4 nitrogen and oxygen atoms in total. The third-order valence-corrected chi connectivity index (χ3v) is 10.5. The number of hydrogen-bond donors (Lipinski definition) is 0. The molecule has 0 amide bonds. The Labute approximate surface area is 218 Å². The zero-order valence-electron chi connectivity index (χ0n) is 18.9. The Morgan fingerprint density at radius 2 is 1.85 bits per heavy atom. The quantitative estimate of drug-likeness (QED) is 0.206. The van der Waals surface area contributed by atoms with Gasteiger partial charge in [-0.25, -0.2) is 0 Å². The van der Waals surface area contributed by atoms with E-state index in [1.807, 2.05) is 18.2 Å². The van der Waals surface area contributed by atoms with E-state index in [4.69, 9.17) is 18.9 Å². The highest BCUT2D eigenvalue weighted by Gasteiger charge is 2.22. The average molecular weight is 637 g/mol. The maximum atomic E-state index is 6.28. The number of fused-ring (bicyclic) bond motifs is 1. The van der Waals surface area contributed by atoms with Gasteiger partial charge in [0.25, 0.3) is 0 Å². The van der Waals surface area contributed by atoms with Gasteiger partial charge in [-0.3, -0.25) is 0 Å². The first-order valence-corrected chi connectivity index (χ1v) is 15.6. The number of halogens is 2.